The lowest BCUT2D eigenvalue weighted by Crippen LogP contribution is -2.12. The quantitative estimate of drug-likeness (QED) is 0.575. The molecule has 13 heavy (non-hydrogen) atoms. The summed E-state index contributed by atoms with van der Waals surface area (Å²) in [6, 6.07) is 7.16. The summed E-state index contributed by atoms with van der Waals surface area (Å²) in [5, 5.41) is 12.2. The molecule has 0 amide bonds. The summed E-state index contributed by atoms with van der Waals surface area (Å²) >= 11 is 0. The van der Waals surface area contributed by atoms with Crippen LogP contribution >= 0.6 is 12.4 Å². The molecular formula is C10H14ClNO. The number of halogens is 1. The third-order valence-electron chi connectivity index (χ3n) is 1.55. The van der Waals surface area contributed by atoms with Gasteiger partial charge in [0.05, 0.1) is 0 Å². The van der Waals surface area contributed by atoms with Gasteiger partial charge in [-0.15, -0.1) is 19.0 Å². The van der Waals surface area contributed by atoms with Crippen molar-refractivity contribution in [2.24, 2.45) is 0 Å². The number of hydrogen-bond acceptors (Lipinski definition) is 2. The minimum Gasteiger partial charge on any atom is -0.508 e. The molecule has 0 fully saturated rings. The summed E-state index contributed by atoms with van der Waals surface area (Å²) in [4.78, 5) is 0. The van der Waals surface area contributed by atoms with Crippen molar-refractivity contribution in [1.29, 1.82) is 0 Å². The van der Waals surface area contributed by atoms with Gasteiger partial charge in [-0.25, -0.2) is 0 Å². The average Bonchev–Trinajstić information content (AvgIpc) is 2.09. The van der Waals surface area contributed by atoms with E-state index in [1.54, 1.807) is 12.1 Å². The lowest BCUT2D eigenvalue weighted by molar-refractivity contribution is 0.475. The van der Waals surface area contributed by atoms with E-state index in [0.717, 1.165) is 18.7 Å². The normalized spacial score (nSPS) is 8.92. The lowest BCUT2D eigenvalue weighted by atomic mass is 10.2. The molecule has 2 N–H and O–H groups in total. The molecule has 0 saturated carbocycles. The van der Waals surface area contributed by atoms with Crippen LogP contribution in [0.4, 0.5) is 0 Å². The first kappa shape index (κ1) is 12.0. The third kappa shape index (κ3) is 4.55. The summed E-state index contributed by atoms with van der Waals surface area (Å²) in [6.45, 7) is 5.22. The van der Waals surface area contributed by atoms with E-state index in [1.807, 2.05) is 18.2 Å². The summed E-state index contributed by atoms with van der Waals surface area (Å²) < 4.78 is 0. The fourth-order valence-corrected chi connectivity index (χ4v) is 0.932. The van der Waals surface area contributed by atoms with E-state index in [0.29, 0.717) is 5.75 Å². The molecule has 0 heterocycles. The van der Waals surface area contributed by atoms with Crippen molar-refractivity contribution >= 4 is 12.4 Å². The Labute approximate surface area is 84.7 Å². The predicted octanol–water partition coefficient (Wildman–Crippen LogP) is 2.09. The predicted molar refractivity (Wildman–Crippen MR) is 57.3 cm³/mol. The topological polar surface area (TPSA) is 32.3 Å². The van der Waals surface area contributed by atoms with Crippen LogP contribution in [0.1, 0.15) is 5.56 Å². The van der Waals surface area contributed by atoms with Gasteiger partial charge in [0.1, 0.15) is 5.75 Å². The van der Waals surface area contributed by atoms with Gasteiger partial charge in [-0.05, 0) is 17.7 Å². The van der Waals surface area contributed by atoms with Gasteiger partial charge in [0.15, 0.2) is 0 Å². The van der Waals surface area contributed by atoms with Crippen molar-refractivity contribution in [1.82, 2.24) is 5.32 Å². The van der Waals surface area contributed by atoms with Gasteiger partial charge in [-0.1, -0.05) is 18.2 Å². The smallest absolute Gasteiger partial charge is 0.115 e. The molecule has 0 aliphatic heterocycles. The highest BCUT2D eigenvalue weighted by atomic mass is 35.5. The van der Waals surface area contributed by atoms with Crippen molar-refractivity contribution in [2.45, 2.75) is 6.54 Å². The zero-order chi connectivity index (χ0) is 8.81. The van der Waals surface area contributed by atoms with Crippen LogP contribution in [0.3, 0.4) is 0 Å². The molecule has 0 aliphatic carbocycles. The second-order valence-electron chi connectivity index (χ2n) is 2.59. The van der Waals surface area contributed by atoms with Crippen molar-refractivity contribution in [3.05, 3.63) is 42.5 Å². The SMILES string of the molecule is C=CCNCc1ccc(O)cc1.Cl. The Morgan fingerprint density at radius 2 is 1.92 bits per heavy atom. The molecule has 1 rings (SSSR count). The Hall–Kier alpha value is -0.990. The maximum Gasteiger partial charge on any atom is 0.115 e. The second-order valence-corrected chi connectivity index (χ2v) is 2.59. The van der Waals surface area contributed by atoms with Gasteiger partial charge in [0.25, 0.3) is 0 Å². The van der Waals surface area contributed by atoms with Crippen LogP contribution in [0.15, 0.2) is 36.9 Å². The Kier molecular flexibility index (Phi) is 6.02. The summed E-state index contributed by atoms with van der Waals surface area (Å²) in [5.74, 6) is 0.308. The van der Waals surface area contributed by atoms with Gasteiger partial charge in [0, 0.05) is 13.1 Å². The molecule has 0 spiro atoms. The van der Waals surface area contributed by atoms with Crippen molar-refractivity contribution in [3.8, 4) is 5.75 Å². The van der Waals surface area contributed by atoms with E-state index in [-0.39, 0.29) is 12.4 Å². The minimum atomic E-state index is 0. The van der Waals surface area contributed by atoms with Gasteiger partial charge < -0.3 is 10.4 Å². The molecule has 0 aliphatic rings. The highest BCUT2D eigenvalue weighted by molar-refractivity contribution is 5.85. The van der Waals surface area contributed by atoms with Crippen molar-refractivity contribution in [2.75, 3.05) is 6.54 Å². The molecule has 0 unspecified atom stereocenters. The van der Waals surface area contributed by atoms with E-state index in [9.17, 15) is 0 Å². The zero-order valence-corrected chi connectivity index (χ0v) is 8.18. The van der Waals surface area contributed by atoms with E-state index in [1.165, 1.54) is 0 Å². The molecule has 0 atom stereocenters. The van der Waals surface area contributed by atoms with Crippen LogP contribution < -0.4 is 5.32 Å². The molecule has 72 valence electrons. The monoisotopic (exact) mass is 199 g/mol. The van der Waals surface area contributed by atoms with Crippen LogP contribution in [0.5, 0.6) is 5.75 Å². The number of benzene rings is 1. The van der Waals surface area contributed by atoms with E-state index >= 15 is 0 Å². The Morgan fingerprint density at radius 3 is 2.46 bits per heavy atom. The number of aromatic hydroxyl groups is 1. The third-order valence-corrected chi connectivity index (χ3v) is 1.55. The first-order valence-corrected chi connectivity index (χ1v) is 3.92. The fourth-order valence-electron chi connectivity index (χ4n) is 0.932. The van der Waals surface area contributed by atoms with E-state index < -0.39 is 0 Å². The molecule has 2 nitrogen and oxygen atoms in total. The van der Waals surface area contributed by atoms with Gasteiger partial charge >= 0.3 is 0 Å². The fraction of sp³-hybridized carbons (Fsp3) is 0.200. The highest BCUT2D eigenvalue weighted by Crippen LogP contribution is 2.08. The Bertz CT molecular complexity index is 246. The first-order chi connectivity index (χ1) is 5.83. The molecule has 1 aromatic carbocycles. The zero-order valence-electron chi connectivity index (χ0n) is 7.36. The largest absolute Gasteiger partial charge is 0.508 e. The summed E-state index contributed by atoms with van der Waals surface area (Å²) in [7, 11) is 0. The van der Waals surface area contributed by atoms with Crippen molar-refractivity contribution < 1.29 is 5.11 Å². The molecule has 0 saturated heterocycles. The van der Waals surface area contributed by atoms with Crippen LogP contribution in [0, 0.1) is 0 Å². The molecule has 0 aromatic heterocycles. The van der Waals surface area contributed by atoms with Gasteiger partial charge in [-0.3, -0.25) is 0 Å². The van der Waals surface area contributed by atoms with Crippen LogP contribution in [-0.4, -0.2) is 11.7 Å². The standard InChI is InChI=1S/C10H13NO.ClH/c1-2-7-11-8-9-3-5-10(12)6-4-9;/h2-6,11-12H,1,7-8H2;1H. The molecule has 0 bridgehead atoms. The molecule has 1 aromatic rings. The summed E-state index contributed by atoms with van der Waals surface area (Å²) in [5.41, 5.74) is 1.16. The van der Waals surface area contributed by atoms with Crippen molar-refractivity contribution in [3.63, 3.8) is 0 Å². The minimum absolute atomic E-state index is 0. The lowest BCUT2D eigenvalue weighted by Gasteiger charge is -2.01. The van der Waals surface area contributed by atoms with Crippen LogP contribution in [0.25, 0.3) is 0 Å². The number of phenolic OH excluding ortho intramolecular Hbond substituents is 1. The van der Waals surface area contributed by atoms with Crippen LogP contribution in [-0.2, 0) is 6.54 Å². The number of rotatable bonds is 4. The van der Waals surface area contributed by atoms with E-state index in [4.69, 9.17) is 5.11 Å². The van der Waals surface area contributed by atoms with Gasteiger partial charge in [-0.2, -0.15) is 0 Å². The van der Waals surface area contributed by atoms with E-state index in [2.05, 4.69) is 11.9 Å². The number of hydrogen-bond donors (Lipinski definition) is 2. The van der Waals surface area contributed by atoms with Crippen LogP contribution in [0.2, 0.25) is 0 Å². The highest BCUT2D eigenvalue weighted by Gasteiger charge is 1.90. The molecule has 3 heteroatoms. The van der Waals surface area contributed by atoms with Gasteiger partial charge in [0.2, 0.25) is 0 Å². The first-order valence-electron chi connectivity index (χ1n) is 3.92. The average molecular weight is 200 g/mol. The maximum absolute atomic E-state index is 8.99. The number of phenols is 1. The molecular weight excluding hydrogens is 186 g/mol. The number of nitrogens with one attached hydrogen (secondary N) is 1. The Balaban J connectivity index is 0.00000144. The summed E-state index contributed by atoms with van der Waals surface area (Å²) in [6.07, 6.45) is 1.82. The Morgan fingerprint density at radius 1 is 1.31 bits per heavy atom. The second kappa shape index (κ2) is 6.52. The molecule has 0 radical (unpaired) electrons. The maximum atomic E-state index is 8.99.